The lowest BCUT2D eigenvalue weighted by Crippen LogP contribution is -2.21. The summed E-state index contributed by atoms with van der Waals surface area (Å²) in [5.74, 6) is -1.29. The number of carbonyl (C=O) groups is 2. The number of ether oxygens (including phenoxy) is 1. The Bertz CT molecular complexity index is 976. The van der Waals surface area contributed by atoms with Gasteiger partial charge in [0.05, 0.1) is 16.9 Å². The molecule has 0 spiro atoms. The SMILES string of the molecule is N#Cc1c(NC(=O)COC(=O)Cc2ccccc2[N+](=O)[O-])sc2c1CCCC2. The Morgan fingerprint density at radius 1 is 1.29 bits per heavy atom. The van der Waals surface area contributed by atoms with Crippen LogP contribution in [-0.2, 0) is 33.6 Å². The third-order valence-electron chi connectivity index (χ3n) is 4.42. The van der Waals surface area contributed by atoms with Gasteiger partial charge in [-0.05, 0) is 31.2 Å². The largest absolute Gasteiger partial charge is 0.455 e. The van der Waals surface area contributed by atoms with Crippen LogP contribution < -0.4 is 5.32 Å². The van der Waals surface area contributed by atoms with Crippen molar-refractivity contribution in [2.24, 2.45) is 0 Å². The van der Waals surface area contributed by atoms with E-state index in [1.54, 1.807) is 6.07 Å². The van der Waals surface area contributed by atoms with Crippen LogP contribution in [-0.4, -0.2) is 23.4 Å². The number of hydrogen-bond acceptors (Lipinski definition) is 7. The molecule has 28 heavy (non-hydrogen) atoms. The molecule has 9 heteroatoms. The van der Waals surface area contributed by atoms with Gasteiger partial charge in [-0.3, -0.25) is 19.7 Å². The summed E-state index contributed by atoms with van der Waals surface area (Å²) in [4.78, 5) is 35.6. The fourth-order valence-electron chi connectivity index (χ4n) is 3.13. The number of para-hydroxylation sites is 1. The van der Waals surface area contributed by atoms with E-state index in [2.05, 4.69) is 11.4 Å². The smallest absolute Gasteiger partial charge is 0.311 e. The molecule has 144 valence electrons. The lowest BCUT2D eigenvalue weighted by molar-refractivity contribution is -0.385. The number of benzene rings is 1. The maximum absolute atomic E-state index is 12.1. The molecule has 2 aromatic rings. The molecule has 0 bridgehead atoms. The van der Waals surface area contributed by atoms with E-state index < -0.39 is 23.4 Å². The highest BCUT2D eigenvalue weighted by Gasteiger charge is 2.22. The molecule has 1 aliphatic carbocycles. The molecule has 1 aliphatic rings. The van der Waals surface area contributed by atoms with Crippen LogP contribution in [0.2, 0.25) is 0 Å². The van der Waals surface area contributed by atoms with Gasteiger partial charge in [0, 0.05) is 16.5 Å². The fourth-order valence-corrected chi connectivity index (χ4v) is 4.38. The molecule has 0 radical (unpaired) electrons. The second-order valence-electron chi connectivity index (χ2n) is 6.30. The molecule has 0 fully saturated rings. The van der Waals surface area contributed by atoms with Crippen molar-refractivity contribution < 1.29 is 19.2 Å². The molecule has 0 aliphatic heterocycles. The molecule has 0 saturated carbocycles. The lowest BCUT2D eigenvalue weighted by Gasteiger charge is -2.09. The summed E-state index contributed by atoms with van der Waals surface area (Å²) in [5.41, 5.74) is 1.53. The molecular formula is C19H17N3O5S. The van der Waals surface area contributed by atoms with Gasteiger partial charge < -0.3 is 10.1 Å². The first-order chi connectivity index (χ1) is 13.5. The molecule has 0 atom stereocenters. The van der Waals surface area contributed by atoms with Gasteiger partial charge in [-0.1, -0.05) is 18.2 Å². The first-order valence-corrected chi connectivity index (χ1v) is 9.53. The number of thiophene rings is 1. The van der Waals surface area contributed by atoms with Crippen molar-refractivity contribution in [3.8, 4) is 6.07 Å². The van der Waals surface area contributed by atoms with Crippen LogP contribution in [0.25, 0.3) is 0 Å². The third kappa shape index (κ3) is 4.35. The standard InChI is InChI=1S/C19H17N3O5S/c20-10-14-13-6-2-4-8-16(13)28-19(14)21-17(23)11-27-18(24)9-12-5-1-3-7-15(12)22(25)26/h1,3,5,7H,2,4,6,8-9,11H2,(H,21,23). The molecule has 1 aromatic carbocycles. The molecule has 3 rings (SSSR count). The highest BCUT2D eigenvalue weighted by atomic mass is 32.1. The Labute approximate surface area is 164 Å². The van der Waals surface area contributed by atoms with Gasteiger partial charge in [0.1, 0.15) is 11.1 Å². The third-order valence-corrected chi connectivity index (χ3v) is 5.63. The summed E-state index contributed by atoms with van der Waals surface area (Å²) in [7, 11) is 0. The lowest BCUT2D eigenvalue weighted by atomic mass is 9.96. The van der Waals surface area contributed by atoms with Gasteiger partial charge in [0.25, 0.3) is 11.6 Å². The summed E-state index contributed by atoms with van der Waals surface area (Å²) < 4.78 is 4.94. The van der Waals surface area contributed by atoms with Crippen LogP contribution >= 0.6 is 11.3 Å². The zero-order chi connectivity index (χ0) is 20.1. The van der Waals surface area contributed by atoms with E-state index in [9.17, 15) is 25.0 Å². The van der Waals surface area contributed by atoms with E-state index >= 15 is 0 Å². The number of hydrogen-bond donors (Lipinski definition) is 1. The zero-order valence-corrected chi connectivity index (χ0v) is 15.7. The first-order valence-electron chi connectivity index (χ1n) is 8.72. The van der Waals surface area contributed by atoms with E-state index in [1.165, 1.54) is 29.5 Å². The van der Waals surface area contributed by atoms with Gasteiger partial charge >= 0.3 is 5.97 Å². The number of rotatable bonds is 6. The summed E-state index contributed by atoms with van der Waals surface area (Å²) in [6, 6.07) is 8.01. The summed E-state index contributed by atoms with van der Waals surface area (Å²) in [6.45, 7) is -0.521. The van der Waals surface area contributed by atoms with E-state index in [0.717, 1.165) is 36.1 Å². The molecule has 0 saturated heterocycles. The van der Waals surface area contributed by atoms with Gasteiger partial charge in [-0.2, -0.15) is 5.26 Å². The number of nitrogens with zero attached hydrogens (tertiary/aromatic N) is 2. The highest BCUT2D eigenvalue weighted by molar-refractivity contribution is 7.16. The molecule has 1 amide bonds. The van der Waals surface area contributed by atoms with Crippen LogP contribution in [0.15, 0.2) is 24.3 Å². The molecular weight excluding hydrogens is 382 g/mol. The second-order valence-corrected chi connectivity index (χ2v) is 7.40. The maximum atomic E-state index is 12.1. The number of nitrogens with one attached hydrogen (secondary N) is 1. The second kappa shape index (κ2) is 8.63. The van der Waals surface area contributed by atoms with Crippen molar-refractivity contribution in [1.82, 2.24) is 0 Å². The summed E-state index contributed by atoms with van der Waals surface area (Å²) in [5, 5.41) is 23.5. The Morgan fingerprint density at radius 3 is 2.79 bits per heavy atom. The van der Waals surface area contributed by atoms with Crippen LogP contribution in [0.1, 0.15) is 34.4 Å². The number of anilines is 1. The molecule has 1 aromatic heterocycles. The van der Waals surface area contributed by atoms with E-state index in [0.29, 0.717) is 10.6 Å². The minimum atomic E-state index is -0.740. The molecule has 1 heterocycles. The van der Waals surface area contributed by atoms with Crippen molar-refractivity contribution in [2.45, 2.75) is 32.1 Å². The Morgan fingerprint density at radius 2 is 2.04 bits per heavy atom. The Hall–Kier alpha value is -3.25. The van der Waals surface area contributed by atoms with Gasteiger partial charge in [-0.25, -0.2) is 0 Å². The average Bonchev–Trinajstić information content (AvgIpc) is 3.03. The maximum Gasteiger partial charge on any atom is 0.311 e. The van der Waals surface area contributed by atoms with Gasteiger partial charge in [0.15, 0.2) is 6.61 Å². The van der Waals surface area contributed by atoms with Crippen molar-refractivity contribution >= 4 is 33.9 Å². The number of nitriles is 1. The average molecular weight is 399 g/mol. The molecule has 8 nitrogen and oxygen atoms in total. The number of amides is 1. The molecule has 0 unspecified atom stereocenters. The van der Waals surface area contributed by atoms with Crippen molar-refractivity contribution in [2.75, 3.05) is 11.9 Å². The van der Waals surface area contributed by atoms with E-state index in [4.69, 9.17) is 4.74 Å². The minimum absolute atomic E-state index is 0.174. The van der Waals surface area contributed by atoms with Crippen LogP contribution in [0, 0.1) is 21.4 Å². The topological polar surface area (TPSA) is 122 Å². The summed E-state index contributed by atoms with van der Waals surface area (Å²) >= 11 is 1.39. The monoisotopic (exact) mass is 399 g/mol. The van der Waals surface area contributed by atoms with Crippen molar-refractivity contribution in [3.63, 3.8) is 0 Å². The van der Waals surface area contributed by atoms with Gasteiger partial charge in [0.2, 0.25) is 0 Å². The minimum Gasteiger partial charge on any atom is -0.455 e. The summed E-state index contributed by atoms with van der Waals surface area (Å²) in [6.07, 6.45) is 3.51. The van der Waals surface area contributed by atoms with Gasteiger partial charge in [-0.15, -0.1) is 11.3 Å². The Balaban J connectivity index is 1.58. The predicted octanol–water partition coefficient (Wildman–Crippen LogP) is 3.13. The normalized spacial score (nSPS) is 12.5. The number of carbonyl (C=O) groups excluding carboxylic acids is 2. The Kier molecular flexibility index (Phi) is 6.01. The first kappa shape index (κ1) is 19.5. The number of aryl methyl sites for hydroxylation is 1. The van der Waals surface area contributed by atoms with Crippen LogP contribution in [0.5, 0.6) is 0 Å². The van der Waals surface area contributed by atoms with E-state index in [1.807, 2.05) is 0 Å². The number of nitro groups is 1. The highest BCUT2D eigenvalue weighted by Crippen LogP contribution is 2.37. The number of nitro benzene ring substituents is 1. The number of esters is 1. The number of fused-ring (bicyclic) bond motifs is 1. The fraction of sp³-hybridized carbons (Fsp3) is 0.316. The molecule has 1 N–H and O–H groups in total. The quantitative estimate of drug-likeness (QED) is 0.452. The van der Waals surface area contributed by atoms with Crippen molar-refractivity contribution in [3.05, 3.63) is 55.9 Å². The van der Waals surface area contributed by atoms with E-state index in [-0.39, 0.29) is 17.7 Å². The van der Waals surface area contributed by atoms with Crippen LogP contribution in [0.4, 0.5) is 10.7 Å². The zero-order valence-electron chi connectivity index (χ0n) is 14.9. The van der Waals surface area contributed by atoms with Crippen molar-refractivity contribution in [1.29, 1.82) is 5.26 Å². The van der Waals surface area contributed by atoms with Crippen LogP contribution in [0.3, 0.4) is 0 Å². The predicted molar refractivity (Wildman–Crippen MR) is 102 cm³/mol.